The molecule has 0 bridgehead atoms. The number of halogens is 3. The number of nitrogens with zero attached hydrogens (tertiary/aromatic N) is 2. The fourth-order valence-electron chi connectivity index (χ4n) is 2.17. The highest BCUT2D eigenvalue weighted by atomic mass is 19.4. The van der Waals surface area contributed by atoms with Gasteiger partial charge in [-0.1, -0.05) is 12.8 Å². The lowest BCUT2D eigenvalue weighted by Gasteiger charge is -2.09. The average molecular weight is 248 g/mol. The molecule has 0 aromatic carbocycles. The molecular weight excluding hydrogens is 236 g/mol. The highest BCUT2D eigenvalue weighted by molar-refractivity contribution is 6.59. The molecule has 0 amide bonds. The lowest BCUT2D eigenvalue weighted by atomic mass is 9.80. The summed E-state index contributed by atoms with van der Waals surface area (Å²) in [4.78, 5) is 0. The van der Waals surface area contributed by atoms with Crippen LogP contribution in [0.1, 0.15) is 37.4 Å². The first-order valence-corrected chi connectivity index (χ1v) is 5.42. The maximum atomic E-state index is 12.6. The third-order valence-corrected chi connectivity index (χ3v) is 3.01. The van der Waals surface area contributed by atoms with Crippen molar-refractivity contribution in [1.82, 2.24) is 9.78 Å². The van der Waals surface area contributed by atoms with Gasteiger partial charge in [0.2, 0.25) is 0 Å². The molecule has 1 aromatic rings. The van der Waals surface area contributed by atoms with E-state index in [1.54, 1.807) is 0 Å². The zero-order valence-corrected chi connectivity index (χ0v) is 8.98. The molecule has 2 rings (SSSR count). The topological polar surface area (TPSA) is 58.3 Å². The van der Waals surface area contributed by atoms with Gasteiger partial charge in [0.15, 0.2) is 5.69 Å². The van der Waals surface area contributed by atoms with Crippen molar-refractivity contribution in [3.8, 4) is 0 Å². The van der Waals surface area contributed by atoms with Gasteiger partial charge in [-0.2, -0.15) is 18.3 Å². The normalized spacial score (nSPS) is 17.7. The Morgan fingerprint density at radius 2 is 1.88 bits per heavy atom. The van der Waals surface area contributed by atoms with Crippen molar-refractivity contribution in [2.75, 3.05) is 0 Å². The van der Waals surface area contributed by atoms with Crippen LogP contribution in [0.3, 0.4) is 0 Å². The van der Waals surface area contributed by atoms with Gasteiger partial charge in [0.1, 0.15) is 0 Å². The lowest BCUT2D eigenvalue weighted by molar-refractivity contribution is -0.140. The van der Waals surface area contributed by atoms with Crippen molar-refractivity contribution in [3.63, 3.8) is 0 Å². The van der Waals surface area contributed by atoms with Crippen LogP contribution in [0, 0.1) is 0 Å². The van der Waals surface area contributed by atoms with Crippen LogP contribution >= 0.6 is 0 Å². The average Bonchev–Trinajstić information content (AvgIpc) is 2.85. The van der Waals surface area contributed by atoms with Crippen molar-refractivity contribution in [3.05, 3.63) is 11.9 Å². The molecule has 2 N–H and O–H groups in total. The molecule has 0 aliphatic heterocycles. The van der Waals surface area contributed by atoms with Crippen LogP contribution in [-0.4, -0.2) is 26.9 Å². The van der Waals surface area contributed by atoms with Crippen molar-refractivity contribution in [1.29, 1.82) is 0 Å². The predicted octanol–water partition coefficient (Wildman–Crippen LogP) is 0.697. The molecule has 4 nitrogen and oxygen atoms in total. The zero-order chi connectivity index (χ0) is 12.6. The van der Waals surface area contributed by atoms with E-state index in [2.05, 4.69) is 5.10 Å². The molecule has 0 radical (unpaired) electrons. The van der Waals surface area contributed by atoms with Gasteiger partial charge in [-0.15, -0.1) is 0 Å². The molecule has 0 saturated heterocycles. The van der Waals surface area contributed by atoms with Crippen molar-refractivity contribution >= 4 is 12.6 Å². The second-order valence-corrected chi connectivity index (χ2v) is 4.22. The maximum Gasteiger partial charge on any atom is 0.492 e. The van der Waals surface area contributed by atoms with Gasteiger partial charge in [0, 0.05) is 11.7 Å². The van der Waals surface area contributed by atoms with Gasteiger partial charge in [0.05, 0.1) is 6.04 Å². The third kappa shape index (κ3) is 2.47. The van der Waals surface area contributed by atoms with Crippen molar-refractivity contribution in [2.24, 2.45) is 0 Å². The van der Waals surface area contributed by atoms with E-state index in [-0.39, 0.29) is 6.04 Å². The number of aromatic nitrogens is 2. The lowest BCUT2D eigenvalue weighted by Crippen LogP contribution is -2.34. The van der Waals surface area contributed by atoms with E-state index in [0.29, 0.717) is 0 Å². The minimum absolute atomic E-state index is 0.0661. The molecule has 1 heterocycles. The summed E-state index contributed by atoms with van der Waals surface area (Å²) in [5, 5.41) is 21.3. The molecule has 1 aliphatic rings. The molecule has 0 atom stereocenters. The van der Waals surface area contributed by atoms with Gasteiger partial charge in [-0.3, -0.25) is 4.68 Å². The molecule has 1 aliphatic carbocycles. The minimum Gasteiger partial charge on any atom is -0.423 e. The molecular formula is C9H12BF3N2O2. The monoisotopic (exact) mass is 248 g/mol. The van der Waals surface area contributed by atoms with Crippen LogP contribution in [0.5, 0.6) is 0 Å². The Morgan fingerprint density at radius 3 is 2.29 bits per heavy atom. The SMILES string of the molecule is OB(O)c1cn(C2CCCC2)nc1C(F)(F)F. The van der Waals surface area contributed by atoms with Gasteiger partial charge in [-0.25, -0.2) is 0 Å². The van der Waals surface area contributed by atoms with Crippen molar-refractivity contribution < 1.29 is 23.2 Å². The summed E-state index contributed by atoms with van der Waals surface area (Å²) in [7, 11) is -2.15. The van der Waals surface area contributed by atoms with Crippen LogP contribution in [0.4, 0.5) is 13.2 Å². The van der Waals surface area contributed by atoms with E-state index < -0.39 is 24.5 Å². The molecule has 8 heteroatoms. The van der Waals surface area contributed by atoms with E-state index in [4.69, 9.17) is 10.0 Å². The number of alkyl halides is 3. The summed E-state index contributed by atoms with van der Waals surface area (Å²) in [5.41, 5.74) is -1.79. The Hall–Kier alpha value is -1.02. The number of hydrogen-bond acceptors (Lipinski definition) is 3. The van der Waals surface area contributed by atoms with E-state index >= 15 is 0 Å². The zero-order valence-electron chi connectivity index (χ0n) is 8.98. The van der Waals surface area contributed by atoms with Crippen LogP contribution in [0.25, 0.3) is 0 Å². The quantitative estimate of drug-likeness (QED) is 0.757. The van der Waals surface area contributed by atoms with Gasteiger partial charge >= 0.3 is 13.3 Å². The molecule has 1 saturated carbocycles. The molecule has 94 valence electrons. The van der Waals surface area contributed by atoms with E-state index in [1.165, 1.54) is 4.68 Å². The van der Waals surface area contributed by atoms with Crippen LogP contribution in [0.15, 0.2) is 6.20 Å². The Labute approximate surface area is 96.2 Å². The first kappa shape index (κ1) is 12.4. The van der Waals surface area contributed by atoms with Crippen LogP contribution < -0.4 is 5.46 Å². The summed E-state index contributed by atoms with van der Waals surface area (Å²) in [5.74, 6) is 0. The minimum atomic E-state index is -4.66. The standard InChI is InChI=1S/C9H12BF3N2O2/c11-9(12,13)8-7(10(16)17)5-15(14-8)6-3-1-2-4-6/h5-6,16-17H,1-4H2. The van der Waals surface area contributed by atoms with Crippen LogP contribution in [0.2, 0.25) is 0 Å². The number of hydrogen-bond donors (Lipinski definition) is 2. The Morgan fingerprint density at radius 1 is 1.29 bits per heavy atom. The van der Waals surface area contributed by atoms with Gasteiger partial charge < -0.3 is 10.0 Å². The summed E-state index contributed by atoms with van der Waals surface area (Å²) in [6, 6.07) is -0.0661. The third-order valence-electron chi connectivity index (χ3n) is 3.01. The Balaban J connectivity index is 2.37. The van der Waals surface area contributed by atoms with Crippen molar-refractivity contribution in [2.45, 2.75) is 37.9 Å². The summed E-state index contributed by atoms with van der Waals surface area (Å²) >= 11 is 0. The fraction of sp³-hybridized carbons (Fsp3) is 0.667. The second-order valence-electron chi connectivity index (χ2n) is 4.22. The van der Waals surface area contributed by atoms with Gasteiger partial charge in [-0.05, 0) is 12.8 Å². The predicted molar refractivity (Wildman–Crippen MR) is 54.6 cm³/mol. The largest absolute Gasteiger partial charge is 0.492 e. The van der Waals surface area contributed by atoms with Gasteiger partial charge in [0.25, 0.3) is 0 Å². The van der Waals surface area contributed by atoms with E-state index in [9.17, 15) is 13.2 Å². The molecule has 0 spiro atoms. The smallest absolute Gasteiger partial charge is 0.423 e. The Kier molecular flexibility index (Phi) is 3.18. The molecule has 17 heavy (non-hydrogen) atoms. The summed E-state index contributed by atoms with van der Waals surface area (Å²) in [6.07, 6.45) is -0.0992. The Bertz CT molecular complexity index is 399. The summed E-state index contributed by atoms with van der Waals surface area (Å²) < 4.78 is 39.0. The molecule has 1 fully saturated rings. The number of rotatable bonds is 2. The highest BCUT2D eigenvalue weighted by Gasteiger charge is 2.40. The first-order chi connectivity index (χ1) is 7.89. The summed E-state index contributed by atoms with van der Waals surface area (Å²) in [6.45, 7) is 0. The second kappa shape index (κ2) is 4.34. The highest BCUT2D eigenvalue weighted by Crippen LogP contribution is 2.31. The van der Waals surface area contributed by atoms with E-state index in [0.717, 1.165) is 31.9 Å². The molecule has 0 unspecified atom stereocenters. The van der Waals surface area contributed by atoms with Crippen LogP contribution in [-0.2, 0) is 6.18 Å². The molecule has 1 aromatic heterocycles. The maximum absolute atomic E-state index is 12.6. The van der Waals surface area contributed by atoms with E-state index in [1.807, 2.05) is 0 Å². The first-order valence-electron chi connectivity index (χ1n) is 5.42. The fourth-order valence-corrected chi connectivity index (χ4v) is 2.17.